The van der Waals surface area contributed by atoms with Crippen LogP contribution >= 0.6 is 11.3 Å². The Hall–Kier alpha value is -0.480. The normalized spacial score (nSPS) is 13.0. The second-order valence-electron chi connectivity index (χ2n) is 3.74. The predicted molar refractivity (Wildman–Crippen MR) is 65.5 cm³/mol. The van der Waals surface area contributed by atoms with E-state index in [9.17, 15) is 9.00 Å². The van der Waals surface area contributed by atoms with Gasteiger partial charge in [-0.1, -0.05) is 19.9 Å². The molecule has 0 amide bonds. The summed E-state index contributed by atoms with van der Waals surface area (Å²) < 4.78 is 11.6. The minimum atomic E-state index is -0.897. The molecule has 0 spiro atoms. The van der Waals surface area contributed by atoms with Crippen LogP contribution < -0.4 is 0 Å². The molecule has 84 valence electrons. The fraction of sp³-hybridized carbons (Fsp3) is 0.545. The monoisotopic (exact) mass is 244 g/mol. The molecular weight excluding hydrogens is 228 g/mol. The lowest BCUT2D eigenvalue weighted by atomic mass is 10.1. The topological polar surface area (TPSA) is 34.1 Å². The molecule has 1 atom stereocenters. The summed E-state index contributed by atoms with van der Waals surface area (Å²) in [5.41, 5.74) is 0. The number of ketones is 1. The molecule has 0 aromatic carbocycles. The average molecular weight is 244 g/mol. The van der Waals surface area contributed by atoms with Crippen molar-refractivity contribution in [3.63, 3.8) is 0 Å². The molecule has 0 saturated heterocycles. The summed E-state index contributed by atoms with van der Waals surface area (Å²) in [5, 5.41) is 1.98. The molecular formula is C11H16O2S2. The van der Waals surface area contributed by atoms with Gasteiger partial charge in [-0.2, -0.15) is 0 Å². The van der Waals surface area contributed by atoms with Crippen molar-refractivity contribution in [2.24, 2.45) is 5.92 Å². The van der Waals surface area contributed by atoms with Crippen LogP contribution in [0.5, 0.6) is 0 Å². The fourth-order valence-electron chi connectivity index (χ4n) is 1.13. The Bertz CT molecular complexity index is 328. The standard InChI is InChI=1S/C11H16O2S2/c1-9(2)11(12)5-7-15(13)8-10-4-3-6-14-10/h3-4,6,9H,5,7-8H2,1-2H3. The minimum absolute atomic E-state index is 0.0590. The zero-order valence-electron chi connectivity index (χ0n) is 9.06. The molecule has 0 aliphatic heterocycles. The second-order valence-corrected chi connectivity index (χ2v) is 6.35. The predicted octanol–water partition coefficient (Wildman–Crippen LogP) is 2.61. The molecule has 0 fully saturated rings. The van der Waals surface area contributed by atoms with Gasteiger partial charge in [-0.3, -0.25) is 9.00 Å². The Morgan fingerprint density at radius 1 is 1.53 bits per heavy atom. The van der Waals surface area contributed by atoms with Gasteiger partial charge < -0.3 is 0 Å². The summed E-state index contributed by atoms with van der Waals surface area (Å²) in [4.78, 5) is 12.4. The maximum atomic E-state index is 11.6. The molecule has 0 N–H and O–H groups in total. The van der Waals surface area contributed by atoms with E-state index in [1.165, 1.54) is 0 Å². The van der Waals surface area contributed by atoms with E-state index in [2.05, 4.69) is 0 Å². The SMILES string of the molecule is CC(C)C(=O)CCS(=O)Cc1cccs1. The van der Waals surface area contributed by atoms with E-state index in [0.717, 1.165) is 4.88 Å². The Morgan fingerprint density at radius 3 is 2.80 bits per heavy atom. The lowest BCUT2D eigenvalue weighted by Gasteiger charge is -2.03. The van der Waals surface area contributed by atoms with E-state index in [-0.39, 0.29) is 11.7 Å². The molecule has 1 aromatic rings. The number of carbonyl (C=O) groups excluding carboxylic acids is 1. The first kappa shape index (κ1) is 12.6. The van der Waals surface area contributed by atoms with Crippen LogP contribution in [0.25, 0.3) is 0 Å². The number of hydrogen-bond donors (Lipinski definition) is 0. The van der Waals surface area contributed by atoms with Crippen LogP contribution in [0.1, 0.15) is 25.1 Å². The van der Waals surface area contributed by atoms with E-state index >= 15 is 0 Å². The minimum Gasteiger partial charge on any atom is -0.299 e. The van der Waals surface area contributed by atoms with Crippen LogP contribution in [0.15, 0.2) is 17.5 Å². The van der Waals surface area contributed by atoms with Gasteiger partial charge >= 0.3 is 0 Å². The highest BCUT2D eigenvalue weighted by atomic mass is 32.2. The first-order chi connectivity index (χ1) is 7.09. The van der Waals surface area contributed by atoms with Gasteiger partial charge in [0.1, 0.15) is 5.78 Å². The molecule has 0 bridgehead atoms. The largest absolute Gasteiger partial charge is 0.299 e. The van der Waals surface area contributed by atoms with Crippen molar-refractivity contribution in [1.82, 2.24) is 0 Å². The zero-order valence-corrected chi connectivity index (χ0v) is 10.7. The highest BCUT2D eigenvalue weighted by Crippen LogP contribution is 2.12. The van der Waals surface area contributed by atoms with Crippen LogP contribution in [0.4, 0.5) is 0 Å². The lowest BCUT2D eigenvalue weighted by molar-refractivity contribution is -0.121. The van der Waals surface area contributed by atoms with Crippen LogP contribution in [-0.4, -0.2) is 15.7 Å². The lowest BCUT2D eigenvalue weighted by Crippen LogP contribution is -2.11. The Kier molecular flexibility index (Phi) is 5.19. The summed E-state index contributed by atoms with van der Waals surface area (Å²) in [6, 6.07) is 3.93. The number of carbonyl (C=O) groups is 1. The van der Waals surface area contributed by atoms with Gasteiger partial charge in [0.25, 0.3) is 0 Å². The maximum absolute atomic E-state index is 11.6. The van der Waals surface area contributed by atoms with E-state index in [1.54, 1.807) is 11.3 Å². The van der Waals surface area contributed by atoms with Crippen molar-refractivity contribution in [2.45, 2.75) is 26.0 Å². The Morgan fingerprint density at radius 2 is 2.27 bits per heavy atom. The highest BCUT2D eigenvalue weighted by molar-refractivity contribution is 7.84. The third kappa shape index (κ3) is 4.71. The van der Waals surface area contributed by atoms with Crippen molar-refractivity contribution < 1.29 is 9.00 Å². The smallest absolute Gasteiger partial charge is 0.136 e. The van der Waals surface area contributed by atoms with Gasteiger partial charge in [0.15, 0.2) is 0 Å². The number of Topliss-reactive ketones (excluding diaryl/α,β-unsaturated/α-hetero) is 1. The van der Waals surface area contributed by atoms with Crippen molar-refractivity contribution in [3.8, 4) is 0 Å². The van der Waals surface area contributed by atoms with E-state index < -0.39 is 10.8 Å². The first-order valence-corrected chi connectivity index (χ1v) is 7.36. The number of hydrogen-bond acceptors (Lipinski definition) is 3. The van der Waals surface area contributed by atoms with Gasteiger partial charge in [0.2, 0.25) is 0 Å². The summed E-state index contributed by atoms with van der Waals surface area (Å²) >= 11 is 1.61. The van der Waals surface area contributed by atoms with E-state index in [0.29, 0.717) is 17.9 Å². The quantitative estimate of drug-likeness (QED) is 0.771. The zero-order chi connectivity index (χ0) is 11.3. The maximum Gasteiger partial charge on any atom is 0.136 e. The average Bonchev–Trinajstić information content (AvgIpc) is 2.66. The van der Waals surface area contributed by atoms with E-state index in [4.69, 9.17) is 0 Å². The highest BCUT2D eigenvalue weighted by Gasteiger charge is 2.09. The molecule has 0 saturated carbocycles. The van der Waals surface area contributed by atoms with Crippen molar-refractivity contribution in [1.29, 1.82) is 0 Å². The van der Waals surface area contributed by atoms with Crippen molar-refractivity contribution >= 4 is 27.9 Å². The Labute approximate surface area is 97.2 Å². The second kappa shape index (κ2) is 6.18. The molecule has 1 unspecified atom stereocenters. The van der Waals surface area contributed by atoms with Crippen LogP contribution in [0, 0.1) is 5.92 Å². The third-order valence-corrected chi connectivity index (χ3v) is 4.45. The van der Waals surface area contributed by atoms with Gasteiger partial charge in [-0.15, -0.1) is 11.3 Å². The molecule has 0 radical (unpaired) electrons. The third-order valence-electron chi connectivity index (χ3n) is 2.10. The fourth-order valence-corrected chi connectivity index (χ4v) is 3.27. The van der Waals surface area contributed by atoms with Crippen LogP contribution in [0.2, 0.25) is 0 Å². The van der Waals surface area contributed by atoms with Crippen molar-refractivity contribution in [3.05, 3.63) is 22.4 Å². The summed E-state index contributed by atoms with van der Waals surface area (Å²) in [6.45, 7) is 3.76. The molecule has 15 heavy (non-hydrogen) atoms. The molecule has 1 heterocycles. The van der Waals surface area contributed by atoms with Crippen LogP contribution in [-0.2, 0) is 21.3 Å². The summed E-state index contributed by atoms with van der Waals surface area (Å²) in [6.07, 6.45) is 0.440. The van der Waals surface area contributed by atoms with Gasteiger partial charge in [-0.25, -0.2) is 0 Å². The summed E-state index contributed by atoms with van der Waals surface area (Å²) in [5.74, 6) is 1.34. The molecule has 0 aliphatic rings. The Balaban J connectivity index is 2.28. The van der Waals surface area contributed by atoms with E-state index in [1.807, 2.05) is 31.4 Å². The van der Waals surface area contributed by atoms with Crippen molar-refractivity contribution in [2.75, 3.05) is 5.75 Å². The first-order valence-electron chi connectivity index (χ1n) is 4.99. The van der Waals surface area contributed by atoms with Gasteiger partial charge in [0, 0.05) is 33.8 Å². The van der Waals surface area contributed by atoms with Crippen LogP contribution in [0.3, 0.4) is 0 Å². The van der Waals surface area contributed by atoms with Gasteiger partial charge in [0.05, 0.1) is 5.75 Å². The molecule has 2 nitrogen and oxygen atoms in total. The number of thiophene rings is 1. The molecule has 4 heteroatoms. The van der Waals surface area contributed by atoms with Gasteiger partial charge in [-0.05, 0) is 11.4 Å². The number of rotatable bonds is 6. The summed E-state index contributed by atoms with van der Waals surface area (Å²) in [7, 11) is -0.897. The molecule has 1 aromatic heterocycles. The molecule has 0 aliphatic carbocycles. The molecule has 1 rings (SSSR count).